The summed E-state index contributed by atoms with van der Waals surface area (Å²) >= 11 is 0. The van der Waals surface area contributed by atoms with Crippen LogP contribution in [-0.4, -0.2) is 22.5 Å². The monoisotopic (exact) mass is 287 g/mol. The van der Waals surface area contributed by atoms with Crippen LogP contribution in [0.3, 0.4) is 0 Å². The fraction of sp³-hybridized carbons (Fsp3) is 0.375. The molecule has 1 N–H and O–H groups in total. The van der Waals surface area contributed by atoms with Crippen LogP contribution in [0.2, 0.25) is 0 Å². The largest absolute Gasteiger partial charge is 0.450 e. The second-order valence-corrected chi connectivity index (χ2v) is 4.87. The van der Waals surface area contributed by atoms with Gasteiger partial charge in [-0.05, 0) is 32.3 Å². The Bertz CT molecular complexity index is 605. The van der Waals surface area contributed by atoms with Crippen molar-refractivity contribution < 1.29 is 9.53 Å². The maximum absolute atomic E-state index is 11.6. The van der Waals surface area contributed by atoms with Crippen molar-refractivity contribution >= 4 is 11.9 Å². The molecule has 0 saturated heterocycles. The summed E-state index contributed by atoms with van der Waals surface area (Å²) in [5.41, 5.74) is 3.25. The normalized spacial score (nSPS) is 10.4. The molecular formula is C16H21N3O2. The summed E-state index contributed by atoms with van der Waals surface area (Å²) in [6.45, 7) is 4.09. The Kier molecular flexibility index (Phi) is 4.98. The van der Waals surface area contributed by atoms with Crippen molar-refractivity contribution in [3.8, 4) is 0 Å². The number of aromatic nitrogens is 2. The number of hydrogen-bond acceptors (Lipinski definition) is 3. The van der Waals surface area contributed by atoms with E-state index in [1.54, 1.807) is 11.6 Å². The summed E-state index contributed by atoms with van der Waals surface area (Å²) in [6, 6.07) is 10.3. The second kappa shape index (κ2) is 6.92. The van der Waals surface area contributed by atoms with E-state index in [0.29, 0.717) is 12.4 Å². The van der Waals surface area contributed by atoms with Gasteiger partial charge in [0.1, 0.15) is 5.82 Å². The molecule has 0 aliphatic heterocycles. The van der Waals surface area contributed by atoms with Crippen molar-refractivity contribution in [2.24, 2.45) is 7.05 Å². The topological polar surface area (TPSA) is 56.1 Å². The molecule has 0 spiro atoms. The summed E-state index contributed by atoms with van der Waals surface area (Å²) in [5.74, 6) is 0.710. The van der Waals surface area contributed by atoms with Gasteiger partial charge in [0, 0.05) is 12.6 Å². The first kappa shape index (κ1) is 15.1. The van der Waals surface area contributed by atoms with Gasteiger partial charge in [-0.2, -0.15) is 5.10 Å². The highest BCUT2D eigenvalue weighted by Gasteiger charge is 2.15. The molecule has 0 atom stereocenters. The molecule has 0 unspecified atom stereocenters. The molecule has 21 heavy (non-hydrogen) atoms. The molecule has 1 heterocycles. The molecular weight excluding hydrogens is 266 g/mol. The molecule has 0 radical (unpaired) electrons. The third-order valence-electron chi connectivity index (χ3n) is 3.35. The zero-order valence-corrected chi connectivity index (χ0v) is 12.7. The summed E-state index contributed by atoms with van der Waals surface area (Å²) in [7, 11) is 1.82. The highest BCUT2D eigenvalue weighted by molar-refractivity contribution is 5.84. The maximum atomic E-state index is 11.6. The first-order valence-electron chi connectivity index (χ1n) is 7.12. The lowest BCUT2D eigenvalue weighted by Gasteiger charge is -2.09. The highest BCUT2D eigenvalue weighted by atomic mass is 16.5. The van der Waals surface area contributed by atoms with Gasteiger partial charge < -0.3 is 4.74 Å². The van der Waals surface area contributed by atoms with Crippen LogP contribution < -0.4 is 5.32 Å². The Morgan fingerprint density at radius 2 is 2.00 bits per heavy atom. The number of carbonyl (C=O) groups excluding carboxylic acids is 1. The average Bonchev–Trinajstić information content (AvgIpc) is 2.72. The van der Waals surface area contributed by atoms with E-state index in [1.165, 1.54) is 5.56 Å². The van der Waals surface area contributed by atoms with Crippen LogP contribution in [0.4, 0.5) is 10.6 Å². The van der Waals surface area contributed by atoms with Crippen molar-refractivity contribution in [1.29, 1.82) is 0 Å². The van der Waals surface area contributed by atoms with E-state index >= 15 is 0 Å². The van der Waals surface area contributed by atoms with Crippen molar-refractivity contribution in [1.82, 2.24) is 9.78 Å². The minimum atomic E-state index is -0.443. The Labute approximate surface area is 124 Å². The first-order chi connectivity index (χ1) is 10.1. The zero-order valence-electron chi connectivity index (χ0n) is 12.7. The number of benzene rings is 1. The van der Waals surface area contributed by atoms with E-state index in [-0.39, 0.29) is 0 Å². The lowest BCUT2D eigenvalue weighted by Crippen LogP contribution is -2.17. The van der Waals surface area contributed by atoms with Crippen molar-refractivity contribution in [2.45, 2.75) is 26.7 Å². The molecule has 5 heteroatoms. The number of carbonyl (C=O) groups is 1. The van der Waals surface area contributed by atoms with E-state index in [1.807, 2.05) is 32.2 Å². The molecule has 1 aromatic heterocycles. The Morgan fingerprint density at radius 1 is 1.29 bits per heavy atom. The van der Waals surface area contributed by atoms with E-state index in [2.05, 4.69) is 22.5 Å². The summed E-state index contributed by atoms with van der Waals surface area (Å²) < 4.78 is 6.62. The molecule has 0 bridgehead atoms. The second-order valence-electron chi connectivity index (χ2n) is 4.87. The van der Waals surface area contributed by atoms with Crippen LogP contribution in [0.25, 0.3) is 0 Å². The predicted octanol–water partition coefficient (Wildman–Crippen LogP) is 3.08. The number of rotatable bonds is 5. The van der Waals surface area contributed by atoms with Gasteiger partial charge in [0.2, 0.25) is 0 Å². The maximum Gasteiger partial charge on any atom is 0.412 e. The van der Waals surface area contributed by atoms with Crippen LogP contribution in [-0.2, 0) is 24.6 Å². The number of hydrogen-bond donors (Lipinski definition) is 1. The SMILES string of the molecule is CCOC(=O)Nc1c(CCc2ccccc2)c(C)nn1C. The lowest BCUT2D eigenvalue weighted by atomic mass is 10.0. The summed E-state index contributed by atoms with van der Waals surface area (Å²) in [6.07, 6.45) is 1.29. The standard InChI is InChI=1S/C16H21N3O2/c1-4-21-16(20)17-15-14(12(2)18-19(15)3)11-10-13-8-6-5-7-9-13/h5-9H,4,10-11H2,1-3H3,(H,17,20). The van der Waals surface area contributed by atoms with Crippen LogP contribution in [0.1, 0.15) is 23.7 Å². The van der Waals surface area contributed by atoms with Gasteiger partial charge in [-0.3, -0.25) is 10.00 Å². The predicted molar refractivity (Wildman–Crippen MR) is 82.4 cm³/mol. The number of amides is 1. The molecule has 5 nitrogen and oxygen atoms in total. The average molecular weight is 287 g/mol. The Balaban J connectivity index is 2.13. The quantitative estimate of drug-likeness (QED) is 0.919. The first-order valence-corrected chi connectivity index (χ1v) is 7.12. The summed E-state index contributed by atoms with van der Waals surface area (Å²) in [5, 5.41) is 7.16. The zero-order chi connectivity index (χ0) is 15.2. The van der Waals surface area contributed by atoms with Crippen LogP contribution in [0, 0.1) is 6.92 Å². The van der Waals surface area contributed by atoms with Crippen molar-refractivity contribution in [3.05, 3.63) is 47.2 Å². The van der Waals surface area contributed by atoms with Crippen molar-refractivity contribution in [3.63, 3.8) is 0 Å². The van der Waals surface area contributed by atoms with Crippen LogP contribution in [0.15, 0.2) is 30.3 Å². The third-order valence-corrected chi connectivity index (χ3v) is 3.35. The van der Waals surface area contributed by atoms with Gasteiger partial charge in [0.05, 0.1) is 12.3 Å². The molecule has 0 aliphatic rings. The van der Waals surface area contributed by atoms with Gasteiger partial charge in [-0.1, -0.05) is 30.3 Å². The molecule has 2 aromatic rings. The van der Waals surface area contributed by atoms with Gasteiger partial charge >= 0.3 is 6.09 Å². The molecule has 0 aliphatic carbocycles. The smallest absolute Gasteiger partial charge is 0.412 e. The van der Waals surface area contributed by atoms with E-state index in [9.17, 15) is 4.79 Å². The Hall–Kier alpha value is -2.30. The molecule has 0 fully saturated rings. The fourth-order valence-electron chi connectivity index (χ4n) is 2.34. The number of nitrogens with zero attached hydrogens (tertiary/aromatic N) is 2. The van der Waals surface area contributed by atoms with Gasteiger partial charge in [-0.25, -0.2) is 4.79 Å². The van der Waals surface area contributed by atoms with E-state index < -0.39 is 6.09 Å². The number of ether oxygens (including phenoxy) is 1. The minimum Gasteiger partial charge on any atom is -0.450 e. The van der Waals surface area contributed by atoms with E-state index in [0.717, 1.165) is 24.1 Å². The molecule has 1 aromatic carbocycles. The van der Waals surface area contributed by atoms with Crippen LogP contribution >= 0.6 is 0 Å². The Morgan fingerprint density at radius 3 is 2.67 bits per heavy atom. The van der Waals surface area contributed by atoms with Gasteiger partial charge in [0.25, 0.3) is 0 Å². The minimum absolute atomic E-state index is 0.349. The van der Waals surface area contributed by atoms with Gasteiger partial charge in [0.15, 0.2) is 0 Å². The van der Waals surface area contributed by atoms with Gasteiger partial charge in [-0.15, -0.1) is 0 Å². The van der Waals surface area contributed by atoms with E-state index in [4.69, 9.17) is 4.74 Å². The van der Waals surface area contributed by atoms with Crippen LogP contribution in [0.5, 0.6) is 0 Å². The number of aryl methyl sites for hydroxylation is 3. The number of anilines is 1. The highest BCUT2D eigenvalue weighted by Crippen LogP contribution is 2.21. The lowest BCUT2D eigenvalue weighted by molar-refractivity contribution is 0.167. The molecule has 2 rings (SSSR count). The number of nitrogens with one attached hydrogen (secondary N) is 1. The third kappa shape index (κ3) is 3.84. The molecule has 0 saturated carbocycles. The molecule has 1 amide bonds. The fourth-order valence-corrected chi connectivity index (χ4v) is 2.34. The van der Waals surface area contributed by atoms with Crippen molar-refractivity contribution in [2.75, 3.05) is 11.9 Å². The molecule has 112 valence electrons. The summed E-state index contributed by atoms with van der Waals surface area (Å²) in [4.78, 5) is 11.6.